The maximum absolute atomic E-state index is 13.2. The van der Waals surface area contributed by atoms with Crippen molar-refractivity contribution in [2.24, 2.45) is 0 Å². The molecular weight excluding hydrogens is 424 g/mol. The van der Waals surface area contributed by atoms with Crippen molar-refractivity contribution >= 4 is 51.7 Å². The van der Waals surface area contributed by atoms with Crippen LogP contribution >= 0.6 is 24.0 Å². The molecule has 158 valence electrons. The van der Waals surface area contributed by atoms with E-state index in [1.54, 1.807) is 23.2 Å². The van der Waals surface area contributed by atoms with Crippen molar-refractivity contribution in [2.45, 2.75) is 25.9 Å². The molecule has 0 radical (unpaired) electrons. The van der Waals surface area contributed by atoms with Crippen molar-refractivity contribution in [1.82, 2.24) is 14.3 Å². The molecule has 0 saturated carbocycles. The van der Waals surface area contributed by atoms with Crippen LogP contribution in [-0.4, -0.2) is 62.0 Å². The Hall–Kier alpha value is -2.27. The largest absolute Gasteiger partial charge is 0.395 e. The van der Waals surface area contributed by atoms with E-state index in [-0.39, 0.29) is 36.3 Å². The predicted octanol–water partition coefficient (Wildman–Crippen LogP) is 1.79. The number of thioether (sulfide) groups is 1. The van der Waals surface area contributed by atoms with Crippen LogP contribution in [0, 0.1) is 6.92 Å². The van der Waals surface area contributed by atoms with Gasteiger partial charge in [-0.05, 0) is 37.5 Å². The van der Waals surface area contributed by atoms with Gasteiger partial charge in [0.15, 0.2) is 0 Å². The number of aliphatic hydroxyl groups is 1. The molecule has 1 atom stereocenters. The molecule has 2 aromatic rings. The van der Waals surface area contributed by atoms with Crippen molar-refractivity contribution in [3.8, 4) is 0 Å². The number of aromatic nitrogens is 2. The Balaban J connectivity index is 1.73. The van der Waals surface area contributed by atoms with Gasteiger partial charge < -0.3 is 15.2 Å². The summed E-state index contributed by atoms with van der Waals surface area (Å²) in [7, 11) is 0. The Kier molecular flexibility index (Phi) is 6.19. The molecule has 1 amide bonds. The van der Waals surface area contributed by atoms with Crippen LogP contribution in [0.4, 0.5) is 5.82 Å². The highest BCUT2D eigenvalue weighted by atomic mass is 32.2. The van der Waals surface area contributed by atoms with Crippen molar-refractivity contribution in [1.29, 1.82) is 0 Å². The maximum atomic E-state index is 13.2. The second kappa shape index (κ2) is 8.84. The van der Waals surface area contributed by atoms with Crippen molar-refractivity contribution in [2.75, 3.05) is 31.6 Å². The maximum Gasteiger partial charge on any atom is 0.267 e. The first-order chi connectivity index (χ1) is 14.5. The first-order valence-corrected chi connectivity index (χ1v) is 11.0. The molecule has 0 bridgehead atoms. The second-order valence-electron chi connectivity index (χ2n) is 7.14. The highest BCUT2D eigenvalue weighted by Gasteiger charge is 2.35. The average molecular weight is 447 g/mol. The Morgan fingerprint density at radius 3 is 3.03 bits per heavy atom. The third-order valence-corrected chi connectivity index (χ3v) is 6.43. The predicted molar refractivity (Wildman–Crippen MR) is 121 cm³/mol. The van der Waals surface area contributed by atoms with Crippen molar-refractivity contribution < 1.29 is 14.6 Å². The van der Waals surface area contributed by atoms with Gasteiger partial charge in [0.2, 0.25) is 0 Å². The number of carbonyl (C=O) groups is 1. The number of nitrogens with zero attached hydrogens (tertiary/aromatic N) is 3. The number of aliphatic hydroxyl groups excluding tert-OH is 1. The third-order valence-electron chi connectivity index (χ3n) is 5.05. The number of amides is 1. The average Bonchev–Trinajstić information content (AvgIpc) is 3.33. The van der Waals surface area contributed by atoms with Gasteiger partial charge in [-0.25, -0.2) is 4.98 Å². The molecule has 10 heteroatoms. The summed E-state index contributed by atoms with van der Waals surface area (Å²) in [5.41, 5.74) is 1.32. The van der Waals surface area contributed by atoms with Gasteiger partial charge in [0.25, 0.3) is 11.5 Å². The molecule has 0 aliphatic carbocycles. The number of fused-ring (bicyclic) bond motifs is 1. The summed E-state index contributed by atoms with van der Waals surface area (Å²) in [6, 6.07) is 3.64. The molecule has 4 heterocycles. The Morgan fingerprint density at radius 2 is 2.30 bits per heavy atom. The fourth-order valence-electron chi connectivity index (χ4n) is 3.53. The lowest BCUT2D eigenvalue weighted by molar-refractivity contribution is -0.123. The minimum atomic E-state index is -0.298. The number of anilines is 1. The molecule has 0 aromatic carbocycles. The molecule has 4 rings (SSSR count). The summed E-state index contributed by atoms with van der Waals surface area (Å²) in [6.45, 7) is 3.11. The summed E-state index contributed by atoms with van der Waals surface area (Å²) in [5.74, 6) is 0.0927. The van der Waals surface area contributed by atoms with Crippen LogP contribution in [0.5, 0.6) is 0 Å². The number of nitrogens with one attached hydrogen (secondary N) is 1. The van der Waals surface area contributed by atoms with Gasteiger partial charge in [-0.15, -0.1) is 0 Å². The quantitative estimate of drug-likeness (QED) is 0.512. The van der Waals surface area contributed by atoms with Crippen LogP contribution in [0.3, 0.4) is 0 Å². The lowest BCUT2D eigenvalue weighted by Crippen LogP contribution is -2.35. The lowest BCUT2D eigenvalue weighted by Gasteiger charge is -2.18. The van der Waals surface area contributed by atoms with Gasteiger partial charge in [-0.2, -0.15) is 0 Å². The van der Waals surface area contributed by atoms with Crippen LogP contribution in [0.2, 0.25) is 0 Å². The number of thiocarbonyl (C=S) groups is 1. The van der Waals surface area contributed by atoms with Crippen LogP contribution in [0.15, 0.2) is 28.0 Å². The summed E-state index contributed by atoms with van der Waals surface area (Å²) in [4.78, 5) is 32.6. The molecule has 2 aliphatic heterocycles. The van der Waals surface area contributed by atoms with E-state index in [1.165, 1.54) is 16.2 Å². The third kappa shape index (κ3) is 4.00. The number of aryl methyl sites for hydroxylation is 1. The summed E-state index contributed by atoms with van der Waals surface area (Å²) in [6.07, 6.45) is 5.06. The van der Waals surface area contributed by atoms with Gasteiger partial charge in [0, 0.05) is 19.3 Å². The first-order valence-electron chi connectivity index (χ1n) is 9.73. The van der Waals surface area contributed by atoms with E-state index >= 15 is 0 Å². The molecule has 0 unspecified atom stereocenters. The van der Waals surface area contributed by atoms with E-state index in [0.29, 0.717) is 33.8 Å². The zero-order valence-corrected chi connectivity index (χ0v) is 18.1. The van der Waals surface area contributed by atoms with Crippen molar-refractivity contribution in [3.05, 3.63) is 44.7 Å². The normalized spacial score (nSPS) is 20.7. The summed E-state index contributed by atoms with van der Waals surface area (Å²) >= 11 is 6.57. The van der Waals surface area contributed by atoms with E-state index < -0.39 is 0 Å². The molecule has 2 fully saturated rings. The van der Waals surface area contributed by atoms with E-state index in [1.807, 2.05) is 13.0 Å². The molecule has 8 nitrogen and oxygen atoms in total. The minimum absolute atomic E-state index is 0.00966. The number of pyridine rings is 1. The van der Waals surface area contributed by atoms with E-state index in [9.17, 15) is 14.7 Å². The zero-order chi connectivity index (χ0) is 21.3. The highest BCUT2D eigenvalue weighted by molar-refractivity contribution is 8.26. The van der Waals surface area contributed by atoms with Crippen LogP contribution in [0.1, 0.15) is 24.0 Å². The van der Waals surface area contributed by atoms with Gasteiger partial charge in [-0.1, -0.05) is 30.0 Å². The number of carbonyl (C=O) groups excluding carboxylic acids is 1. The van der Waals surface area contributed by atoms with E-state index in [2.05, 4.69) is 10.3 Å². The zero-order valence-electron chi connectivity index (χ0n) is 16.5. The SMILES string of the molecule is Cc1cccn2c(=O)c(/C=C3/SC(=S)N(C[C@H]4CCCO4)C3=O)c(NCCO)nc12. The molecule has 30 heavy (non-hydrogen) atoms. The highest BCUT2D eigenvalue weighted by Crippen LogP contribution is 2.34. The van der Waals surface area contributed by atoms with E-state index in [0.717, 1.165) is 18.4 Å². The number of hydrogen-bond donors (Lipinski definition) is 2. The van der Waals surface area contributed by atoms with Gasteiger partial charge in [0.05, 0.1) is 29.7 Å². The van der Waals surface area contributed by atoms with Gasteiger partial charge in [-0.3, -0.25) is 18.9 Å². The summed E-state index contributed by atoms with van der Waals surface area (Å²) in [5, 5.41) is 12.2. The number of hydrogen-bond acceptors (Lipinski definition) is 8. The first kappa shape index (κ1) is 21.0. The van der Waals surface area contributed by atoms with Crippen LogP contribution in [-0.2, 0) is 9.53 Å². The molecular formula is C20H22N4O4S2. The molecule has 2 aromatic heterocycles. The molecule has 2 saturated heterocycles. The standard InChI is InChI=1S/C20H22N4O4S2/c1-12-4-2-7-23-17(12)22-16(21-6-8-25)14(18(23)26)10-15-19(27)24(20(29)30-15)11-13-5-3-9-28-13/h2,4,7,10,13,21,25H,3,5-6,8-9,11H2,1H3/b15-10+/t13-/m1/s1. The lowest BCUT2D eigenvalue weighted by atomic mass is 10.2. The number of ether oxygens (including phenoxy) is 1. The monoisotopic (exact) mass is 446 g/mol. The molecule has 2 aliphatic rings. The Labute approximate surface area is 182 Å². The minimum Gasteiger partial charge on any atom is -0.395 e. The van der Waals surface area contributed by atoms with Crippen LogP contribution < -0.4 is 10.9 Å². The fraction of sp³-hybridized carbons (Fsp3) is 0.400. The number of rotatable bonds is 6. The van der Waals surface area contributed by atoms with Crippen molar-refractivity contribution in [3.63, 3.8) is 0 Å². The van der Waals surface area contributed by atoms with Crippen LogP contribution in [0.25, 0.3) is 11.7 Å². The smallest absolute Gasteiger partial charge is 0.267 e. The molecule has 2 N–H and O–H groups in total. The Morgan fingerprint density at radius 1 is 1.47 bits per heavy atom. The van der Waals surface area contributed by atoms with E-state index in [4.69, 9.17) is 17.0 Å². The summed E-state index contributed by atoms with van der Waals surface area (Å²) < 4.78 is 7.54. The molecule has 0 spiro atoms. The van der Waals surface area contributed by atoms with Gasteiger partial charge in [0.1, 0.15) is 15.8 Å². The van der Waals surface area contributed by atoms with Gasteiger partial charge >= 0.3 is 0 Å². The topological polar surface area (TPSA) is 96.2 Å². The second-order valence-corrected chi connectivity index (χ2v) is 8.82. The fourth-order valence-corrected chi connectivity index (χ4v) is 4.79. The Bertz CT molecular complexity index is 1090.